The second-order valence-corrected chi connectivity index (χ2v) is 2.99. The Kier molecular flexibility index (Phi) is 1.33. The minimum absolute atomic E-state index is 0.0764. The van der Waals surface area contributed by atoms with Gasteiger partial charge in [-0.1, -0.05) is 6.08 Å². The Hall–Kier alpha value is -1.68. The van der Waals surface area contributed by atoms with Crippen LogP contribution in [0.15, 0.2) is 47.2 Å². The summed E-state index contributed by atoms with van der Waals surface area (Å²) in [6, 6.07) is 0. The Morgan fingerprint density at radius 1 is 1.08 bits per heavy atom. The topological polar surface area (TPSA) is 80.9 Å². The Labute approximate surface area is 74.1 Å². The van der Waals surface area contributed by atoms with E-state index in [0.29, 0.717) is 0 Å². The summed E-state index contributed by atoms with van der Waals surface area (Å²) in [6.45, 7) is 0. The molecule has 0 aliphatic heterocycles. The monoisotopic (exact) mass is 180 g/mol. The standard InChI is InChI=1S/C9H8O4/c10-5-2-1-3-9(13)4-6(11)8(12)7(5)9/h1-4,10-13H. The largest absolute Gasteiger partial charge is 0.507 e. The van der Waals surface area contributed by atoms with Crippen molar-refractivity contribution >= 4 is 0 Å². The average Bonchev–Trinajstić information content (AvgIpc) is 2.24. The summed E-state index contributed by atoms with van der Waals surface area (Å²) in [5.74, 6) is -1.16. The van der Waals surface area contributed by atoms with E-state index in [2.05, 4.69) is 0 Å². The van der Waals surface area contributed by atoms with Crippen LogP contribution in [-0.2, 0) is 0 Å². The maximum atomic E-state index is 9.78. The van der Waals surface area contributed by atoms with Crippen molar-refractivity contribution in [3.8, 4) is 0 Å². The van der Waals surface area contributed by atoms with Crippen LogP contribution in [0, 0.1) is 0 Å². The van der Waals surface area contributed by atoms with Crippen LogP contribution >= 0.6 is 0 Å². The molecule has 2 rings (SSSR count). The second kappa shape index (κ2) is 2.17. The van der Waals surface area contributed by atoms with Crippen LogP contribution in [-0.4, -0.2) is 26.0 Å². The van der Waals surface area contributed by atoms with Crippen molar-refractivity contribution in [2.75, 3.05) is 0 Å². The Bertz CT molecular complexity index is 386. The van der Waals surface area contributed by atoms with Crippen LogP contribution in [0.4, 0.5) is 0 Å². The van der Waals surface area contributed by atoms with Gasteiger partial charge in [0.2, 0.25) is 0 Å². The predicted molar refractivity (Wildman–Crippen MR) is 45.2 cm³/mol. The van der Waals surface area contributed by atoms with Gasteiger partial charge in [-0.05, 0) is 12.2 Å². The van der Waals surface area contributed by atoms with Gasteiger partial charge < -0.3 is 20.4 Å². The third-order valence-corrected chi connectivity index (χ3v) is 2.10. The molecule has 0 saturated heterocycles. The van der Waals surface area contributed by atoms with Crippen molar-refractivity contribution in [2.45, 2.75) is 5.60 Å². The van der Waals surface area contributed by atoms with Gasteiger partial charge in [0.05, 0.1) is 5.57 Å². The number of hydrogen-bond donors (Lipinski definition) is 4. The molecule has 4 nitrogen and oxygen atoms in total. The SMILES string of the molecule is OC1=CC2(O)C=CC=C(O)C2=C1O. The van der Waals surface area contributed by atoms with E-state index in [1.54, 1.807) is 0 Å². The molecule has 0 aromatic heterocycles. The summed E-state index contributed by atoms with van der Waals surface area (Å²) in [5.41, 5.74) is -1.65. The molecule has 0 amide bonds. The molecule has 0 fully saturated rings. The van der Waals surface area contributed by atoms with Crippen LogP contribution in [0.3, 0.4) is 0 Å². The Morgan fingerprint density at radius 2 is 1.77 bits per heavy atom. The molecule has 4 N–H and O–H groups in total. The fourth-order valence-electron chi connectivity index (χ4n) is 1.49. The normalized spacial score (nSPS) is 31.5. The molecular formula is C9H8O4. The van der Waals surface area contributed by atoms with Gasteiger partial charge in [0.15, 0.2) is 11.5 Å². The molecule has 13 heavy (non-hydrogen) atoms. The van der Waals surface area contributed by atoms with Crippen molar-refractivity contribution in [2.24, 2.45) is 0 Å². The molecule has 0 spiro atoms. The van der Waals surface area contributed by atoms with E-state index >= 15 is 0 Å². The first-order valence-corrected chi connectivity index (χ1v) is 3.72. The highest BCUT2D eigenvalue weighted by Gasteiger charge is 2.40. The lowest BCUT2D eigenvalue weighted by Crippen LogP contribution is -2.26. The van der Waals surface area contributed by atoms with E-state index in [0.717, 1.165) is 6.08 Å². The summed E-state index contributed by atoms with van der Waals surface area (Å²) in [6.07, 6.45) is 5.20. The molecule has 0 aromatic carbocycles. The molecule has 2 aliphatic rings. The number of aliphatic hydroxyl groups excluding tert-OH is 3. The van der Waals surface area contributed by atoms with E-state index < -0.39 is 17.1 Å². The van der Waals surface area contributed by atoms with Crippen LogP contribution in [0.2, 0.25) is 0 Å². The molecule has 0 aromatic rings. The number of rotatable bonds is 0. The van der Waals surface area contributed by atoms with Crippen LogP contribution in [0.5, 0.6) is 0 Å². The minimum atomic E-state index is -1.58. The van der Waals surface area contributed by atoms with Gasteiger partial charge in [0, 0.05) is 6.08 Å². The number of aliphatic hydroxyl groups is 4. The molecule has 68 valence electrons. The first-order chi connectivity index (χ1) is 6.04. The van der Waals surface area contributed by atoms with Gasteiger partial charge in [-0.2, -0.15) is 0 Å². The molecule has 0 saturated carbocycles. The van der Waals surface area contributed by atoms with E-state index in [9.17, 15) is 15.3 Å². The van der Waals surface area contributed by atoms with Gasteiger partial charge in [-0.25, -0.2) is 0 Å². The third kappa shape index (κ3) is 0.891. The zero-order valence-electron chi connectivity index (χ0n) is 6.60. The smallest absolute Gasteiger partial charge is 0.167 e. The van der Waals surface area contributed by atoms with Crippen molar-refractivity contribution in [1.82, 2.24) is 0 Å². The highest BCUT2D eigenvalue weighted by Crippen LogP contribution is 2.38. The fourth-order valence-corrected chi connectivity index (χ4v) is 1.49. The predicted octanol–water partition coefficient (Wildman–Crippen LogP) is 0.997. The molecule has 1 atom stereocenters. The van der Waals surface area contributed by atoms with E-state index in [-0.39, 0.29) is 11.3 Å². The van der Waals surface area contributed by atoms with Gasteiger partial charge in [0.25, 0.3) is 0 Å². The van der Waals surface area contributed by atoms with Crippen LogP contribution in [0.25, 0.3) is 0 Å². The summed E-state index contributed by atoms with van der Waals surface area (Å²) >= 11 is 0. The molecular weight excluding hydrogens is 172 g/mol. The lowest BCUT2D eigenvalue weighted by molar-refractivity contribution is 0.172. The molecule has 0 radical (unpaired) electrons. The summed E-state index contributed by atoms with van der Waals surface area (Å²) in [4.78, 5) is 0. The fraction of sp³-hybridized carbons (Fsp3) is 0.111. The van der Waals surface area contributed by atoms with Gasteiger partial charge >= 0.3 is 0 Å². The lowest BCUT2D eigenvalue weighted by atomic mass is 9.91. The highest BCUT2D eigenvalue weighted by atomic mass is 16.3. The Morgan fingerprint density at radius 3 is 2.38 bits per heavy atom. The van der Waals surface area contributed by atoms with Gasteiger partial charge in [-0.15, -0.1) is 0 Å². The van der Waals surface area contributed by atoms with E-state index in [1.807, 2.05) is 0 Å². The van der Waals surface area contributed by atoms with E-state index in [1.165, 1.54) is 18.2 Å². The zero-order chi connectivity index (χ0) is 9.64. The van der Waals surface area contributed by atoms with Crippen LogP contribution in [0.1, 0.15) is 0 Å². The number of hydrogen-bond acceptors (Lipinski definition) is 4. The maximum Gasteiger partial charge on any atom is 0.167 e. The summed E-state index contributed by atoms with van der Waals surface area (Å²) in [5, 5.41) is 37.5. The quantitative estimate of drug-likeness (QED) is 0.448. The average molecular weight is 180 g/mol. The molecule has 4 heteroatoms. The van der Waals surface area contributed by atoms with Crippen molar-refractivity contribution < 1.29 is 20.4 Å². The first-order valence-electron chi connectivity index (χ1n) is 3.72. The molecule has 2 aliphatic carbocycles. The van der Waals surface area contributed by atoms with Crippen molar-refractivity contribution in [1.29, 1.82) is 0 Å². The lowest BCUT2D eigenvalue weighted by Gasteiger charge is -2.22. The van der Waals surface area contributed by atoms with Gasteiger partial charge in [0.1, 0.15) is 11.4 Å². The summed E-state index contributed by atoms with van der Waals surface area (Å²) < 4.78 is 0. The van der Waals surface area contributed by atoms with Crippen LogP contribution < -0.4 is 0 Å². The number of fused-ring (bicyclic) bond motifs is 1. The highest BCUT2D eigenvalue weighted by molar-refractivity contribution is 5.57. The zero-order valence-corrected chi connectivity index (χ0v) is 6.60. The second-order valence-electron chi connectivity index (χ2n) is 2.99. The molecule has 1 unspecified atom stereocenters. The van der Waals surface area contributed by atoms with E-state index in [4.69, 9.17) is 5.11 Å². The van der Waals surface area contributed by atoms with Crippen molar-refractivity contribution in [3.05, 3.63) is 47.2 Å². The first kappa shape index (κ1) is 7.94. The maximum absolute atomic E-state index is 9.78. The molecule has 0 bridgehead atoms. The molecule has 0 heterocycles. The minimum Gasteiger partial charge on any atom is -0.507 e. The summed E-state index contributed by atoms with van der Waals surface area (Å²) in [7, 11) is 0. The number of allylic oxidation sites excluding steroid dienone is 2. The van der Waals surface area contributed by atoms with Gasteiger partial charge in [-0.3, -0.25) is 0 Å². The Balaban J connectivity index is 2.65. The third-order valence-electron chi connectivity index (χ3n) is 2.10. The van der Waals surface area contributed by atoms with Crippen molar-refractivity contribution in [3.63, 3.8) is 0 Å².